The minimum atomic E-state index is -0.416. The average molecular weight is 242 g/mol. The molecule has 2 aromatic rings. The average Bonchev–Trinajstić information content (AvgIpc) is 2.67. The van der Waals surface area contributed by atoms with Gasteiger partial charge in [0.05, 0.1) is 17.5 Å². The van der Waals surface area contributed by atoms with Crippen molar-refractivity contribution in [2.45, 2.75) is 13.3 Å². The van der Waals surface area contributed by atoms with E-state index < -0.39 is 5.56 Å². The third-order valence-electron chi connectivity index (χ3n) is 2.70. The number of carbonyl (C=O) groups is 1. The summed E-state index contributed by atoms with van der Waals surface area (Å²) in [6.07, 6.45) is 0.230. The van der Waals surface area contributed by atoms with E-state index in [1.54, 1.807) is 19.1 Å². The van der Waals surface area contributed by atoms with E-state index in [2.05, 4.69) is 15.1 Å². The Labute approximate surface area is 102 Å². The van der Waals surface area contributed by atoms with Crippen LogP contribution in [0.1, 0.15) is 13.3 Å². The third kappa shape index (κ3) is 1.58. The molecule has 0 saturated heterocycles. The van der Waals surface area contributed by atoms with E-state index in [0.717, 1.165) is 5.01 Å². The summed E-state index contributed by atoms with van der Waals surface area (Å²) in [5.41, 5.74) is 1.52. The number of aromatic amines is 1. The number of hydrogen-bond donors (Lipinski definition) is 1. The lowest BCUT2D eigenvalue weighted by atomic mass is 10.3. The van der Waals surface area contributed by atoms with Crippen LogP contribution in [0.2, 0.25) is 0 Å². The number of nitrogens with one attached hydrogen (secondary N) is 1. The van der Waals surface area contributed by atoms with Gasteiger partial charge in [0, 0.05) is 5.71 Å². The van der Waals surface area contributed by atoms with Gasteiger partial charge in [-0.05, 0) is 19.1 Å². The van der Waals surface area contributed by atoms with E-state index in [1.165, 1.54) is 0 Å². The molecule has 0 aliphatic carbocycles. The van der Waals surface area contributed by atoms with Crippen LogP contribution in [-0.4, -0.2) is 21.6 Å². The molecule has 0 spiro atoms. The summed E-state index contributed by atoms with van der Waals surface area (Å²) < 4.78 is 0. The first-order valence-electron chi connectivity index (χ1n) is 5.51. The molecule has 1 amide bonds. The maximum atomic E-state index is 11.9. The van der Waals surface area contributed by atoms with E-state index in [0.29, 0.717) is 16.7 Å². The summed E-state index contributed by atoms with van der Waals surface area (Å²) in [6.45, 7) is 1.74. The summed E-state index contributed by atoms with van der Waals surface area (Å²) in [5, 5.41) is 5.10. The molecule has 0 saturated carbocycles. The predicted molar refractivity (Wildman–Crippen MR) is 67.6 cm³/mol. The Morgan fingerprint density at radius 3 is 2.78 bits per heavy atom. The van der Waals surface area contributed by atoms with Gasteiger partial charge in [-0.1, -0.05) is 12.1 Å². The number of para-hydroxylation sites is 2. The fourth-order valence-electron chi connectivity index (χ4n) is 1.88. The Bertz CT molecular complexity index is 732. The number of rotatable bonds is 1. The van der Waals surface area contributed by atoms with Crippen LogP contribution in [0.25, 0.3) is 11.0 Å². The van der Waals surface area contributed by atoms with Crippen LogP contribution >= 0.6 is 0 Å². The van der Waals surface area contributed by atoms with E-state index in [4.69, 9.17) is 0 Å². The molecule has 90 valence electrons. The van der Waals surface area contributed by atoms with Crippen molar-refractivity contribution in [3.05, 3.63) is 34.6 Å². The number of benzene rings is 1. The molecular formula is C12H10N4O2. The molecule has 1 aromatic carbocycles. The highest BCUT2D eigenvalue weighted by atomic mass is 16.2. The van der Waals surface area contributed by atoms with Crippen LogP contribution in [0, 0.1) is 0 Å². The summed E-state index contributed by atoms with van der Waals surface area (Å²) in [7, 11) is 0. The van der Waals surface area contributed by atoms with Crippen molar-refractivity contribution in [3.8, 4) is 0 Å². The SMILES string of the molecule is CC1=NN(c2nc3ccccc3[nH]c2=O)C(=O)C1. The Balaban J connectivity index is 2.21. The number of fused-ring (bicyclic) bond motifs is 1. The van der Waals surface area contributed by atoms with Gasteiger partial charge in [-0.3, -0.25) is 9.59 Å². The number of aromatic nitrogens is 2. The number of H-pyrrole nitrogens is 1. The van der Waals surface area contributed by atoms with Crippen LogP contribution in [-0.2, 0) is 4.79 Å². The van der Waals surface area contributed by atoms with E-state index in [9.17, 15) is 9.59 Å². The van der Waals surface area contributed by atoms with Gasteiger partial charge < -0.3 is 4.98 Å². The molecule has 1 N–H and O–H groups in total. The Kier molecular flexibility index (Phi) is 2.22. The Morgan fingerprint density at radius 1 is 1.28 bits per heavy atom. The van der Waals surface area contributed by atoms with Gasteiger partial charge in [0.25, 0.3) is 11.5 Å². The van der Waals surface area contributed by atoms with Gasteiger partial charge in [0.2, 0.25) is 5.82 Å². The molecule has 6 heteroatoms. The lowest BCUT2D eigenvalue weighted by molar-refractivity contribution is -0.116. The highest BCUT2D eigenvalue weighted by Crippen LogP contribution is 2.16. The minimum absolute atomic E-state index is 0.0237. The van der Waals surface area contributed by atoms with Crippen molar-refractivity contribution in [3.63, 3.8) is 0 Å². The molecule has 0 fully saturated rings. The number of nitrogens with zero attached hydrogens (tertiary/aromatic N) is 3. The molecule has 1 aliphatic rings. The normalized spacial score (nSPS) is 15.3. The molecule has 1 aromatic heterocycles. The zero-order valence-corrected chi connectivity index (χ0v) is 9.67. The lowest BCUT2D eigenvalue weighted by Gasteiger charge is -2.09. The summed E-state index contributed by atoms with van der Waals surface area (Å²) in [4.78, 5) is 30.5. The molecule has 2 heterocycles. The van der Waals surface area contributed by atoms with E-state index in [1.807, 2.05) is 12.1 Å². The molecule has 0 bridgehead atoms. The van der Waals surface area contributed by atoms with Gasteiger partial charge in [-0.15, -0.1) is 0 Å². The largest absolute Gasteiger partial charge is 0.317 e. The van der Waals surface area contributed by atoms with Crippen molar-refractivity contribution in [1.29, 1.82) is 0 Å². The van der Waals surface area contributed by atoms with E-state index in [-0.39, 0.29) is 18.1 Å². The quantitative estimate of drug-likeness (QED) is 0.811. The first-order chi connectivity index (χ1) is 8.65. The number of anilines is 1. The van der Waals surface area contributed by atoms with Crippen molar-refractivity contribution < 1.29 is 4.79 Å². The Morgan fingerprint density at radius 2 is 2.06 bits per heavy atom. The predicted octanol–water partition coefficient (Wildman–Crippen LogP) is 1.04. The Hall–Kier alpha value is -2.50. The minimum Gasteiger partial charge on any atom is -0.317 e. The van der Waals surface area contributed by atoms with Crippen molar-refractivity contribution >= 4 is 28.5 Å². The van der Waals surface area contributed by atoms with Crippen LogP contribution in [0.15, 0.2) is 34.2 Å². The molecule has 18 heavy (non-hydrogen) atoms. The first kappa shape index (κ1) is 10.6. The van der Waals surface area contributed by atoms with Gasteiger partial charge in [0.15, 0.2) is 0 Å². The van der Waals surface area contributed by atoms with Crippen LogP contribution in [0.4, 0.5) is 5.82 Å². The maximum absolute atomic E-state index is 11.9. The number of hydrazone groups is 1. The summed E-state index contributed by atoms with van der Waals surface area (Å²) >= 11 is 0. The van der Waals surface area contributed by atoms with Gasteiger partial charge in [-0.2, -0.15) is 10.1 Å². The maximum Gasteiger partial charge on any atom is 0.293 e. The fourth-order valence-corrected chi connectivity index (χ4v) is 1.88. The monoisotopic (exact) mass is 242 g/mol. The highest BCUT2D eigenvalue weighted by Gasteiger charge is 2.26. The van der Waals surface area contributed by atoms with Gasteiger partial charge >= 0.3 is 0 Å². The second-order valence-corrected chi connectivity index (χ2v) is 4.12. The van der Waals surface area contributed by atoms with Crippen LogP contribution in [0.5, 0.6) is 0 Å². The number of carbonyl (C=O) groups excluding carboxylic acids is 1. The standard InChI is InChI=1S/C12H10N4O2/c1-7-6-10(17)16(15-7)11-12(18)14-9-5-3-2-4-8(9)13-11/h2-5H,6H2,1H3,(H,14,18). The van der Waals surface area contributed by atoms with Gasteiger partial charge in [-0.25, -0.2) is 4.98 Å². The fraction of sp³-hybridized carbons (Fsp3) is 0.167. The molecule has 3 rings (SSSR count). The van der Waals surface area contributed by atoms with Crippen molar-refractivity contribution in [1.82, 2.24) is 9.97 Å². The lowest BCUT2D eigenvalue weighted by Crippen LogP contribution is -2.28. The molecule has 1 aliphatic heterocycles. The smallest absolute Gasteiger partial charge is 0.293 e. The van der Waals surface area contributed by atoms with Crippen LogP contribution < -0.4 is 10.6 Å². The second kappa shape index (κ2) is 3.76. The summed E-state index contributed by atoms with van der Waals surface area (Å²) in [6, 6.07) is 7.15. The molecule has 0 radical (unpaired) electrons. The van der Waals surface area contributed by atoms with Crippen LogP contribution in [0.3, 0.4) is 0 Å². The summed E-state index contributed by atoms with van der Waals surface area (Å²) in [5.74, 6) is -0.212. The first-order valence-corrected chi connectivity index (χ1v) is 5.51. The topological polar surface area (TPSA) is 78.4 Å². The number of hydrogen-bond acceptors (Lipinski definition) is 4. The third-order valence-corrected chi connectivity index (χ3v) is 2.70. The molecule has 0 atom stereocenters. The molecule has 6 nitrogen and oxygen atoms in total. The van der Waals surface area contributed by atoms with Crippen molar-refractivity contribution in [2.75, 3.05) is 5.01 Å². The molecular weight excluding hydrogens is 232 g/mol. The van der Waals surface area contributed by atoms with Gasteiger partial charge in [0.1, 0.15) is 0 Å². The zero-order valence-electron chi connectivity index (χ0n) is 9.67. The van der Waals surface area contributed by atoms with E-state index >= 15 is 0 Å². The number of amides is 1. The zero-order chi connectivity index (χ0) is 12.7. The van der Waals surface area contributed by atoms with Crippen molar-refractivity contribution in [2.24, 2.45) is 5.10 Å². The molecule has 0 unspecified atom stereocenters. The highest BCUT2D eigenvalue weighted by molar-refractivity contribution is 6.11. The second-order valence-electron chi connectivity index (χ2n) is 4.12.